The Morgan fingerprint density at radius 2 is 2.38 bits per heavy atom. The molecule has 1 heterocycles. The number of amides is 2. The summed E-state index contributed by atoms with van der Waals surface area (Å²) in [5.41, 5.74) is 7.18. The normalized spacial score (nSPS) is 10.7. The SMILES string of the molecule is NC(=O)N/N=C\c1ccc(Sc2ncn[nH]2)c([N+](=O)[O-])c1. The number of nitro groups is 1. The molecule has 0 fully saturated rings. The minimum Gasteiger partial charge on any atom is -0.350 e. The maximum atomic E-state index is 11.1. The second kappa shape index (κ2) is 6.47. The highest BCUT2D eigenvalue weighted by Crippen LogP contribution is 2.33. The van der Waals surface area contributed by atoms with Crippen LogP contribution in [-0.2, 0) is 0 Å². The minimum absolute atomic E-state index is 0.112. The van der Waals surface area contributed by atoms with Gasteiger partial charge in [0.25, 0.3) is 5.69 Å². The van der Waals surface area contributed by atoms with Crippen molar-refractivity contribution in [2.75, 3.05) is 0 Å². The second-order valence-electron chi connectivity index (χ2n) is 3.61. The molecule has 0 radical (unpaired) electrons. The van der Waals surface area contributed by atoms with E-state index < -0.39 is 11.0 Å². The summed E-state index contributed by atoms with van der Waals surface area (Å²) >= 11 is 1.08. The number of primary amides is 1. The van der Waals surface area contributed by atoms with Crippen molar-refractivity contribution in [3.63, 3.8) is 0 Å². The van der Waals surface area contributed by atoms with Crippen LogP contribution in [0, 0.1) is 10.1 Å². The van der Waals surface area contributed by atoms with E-state index >= 15 is 0 Å². The van der Waals surface area contributed by atoms with Gasteiger partial charge in [0.2, 0.25) is 0 Å². The lowest BCUT2D eigenvalue weighted by molar-refractivity contribution is -0.387. The molecule has 0 spiro atoms. The number of nitro benzene ring substituents is 1. The molecule has 0 bridgehead atoms. The molecule has 0 aliphatic carbocycles. The standard InChI is InChI=1S/C10H9N7O3S/c11-9(18)15-13-4-6-1-2-8(7(3-6)17(19)20)21-10-12-5-14-16-10/h1-5H,(H3,11,15,18)(H,12,14,16)/b13-4-. The number of carbonyl (C=O) groups excluding carboxylic acids is 1. The Morgan fingerprint density at radius 1 is 1.57 bits per heavy atom. The summed E-state index contributed by atoms with van der Waals surface area (Å²) in [7, 11) is 0. The van der Waals surface area contributed by atoms with Crippen LogP contribution in [0.3, 0.4) is 0 Å². The largest absolute Gasteiger partial charge is 0.350 e. The molecular formula is C10H9N7O3S. The zero-order chi connectivity index (χ0) is 15.2. The lowest BCUT2D eigenvalue weighted by Gasteiger charge is -2.01. The fourth-order valence-corrected chi connectivity index (χ4v) is 2.14. The van der Waals surface area contributed by atoms with Gasteiger partial charge in [0.05, 0.1) is 16.0 Å². The first-order valence-electron chi connectivity index (χ1n) is 5.46. The third kappa shape index (κ3) is 4.01. The van der Waals surface area contributed by atoms with Gasteiger partial charge in [-0.05, 0) is 17.8 Å². The van der Waals surface area contributed by atoms with Crippen molar-refractivity contribution in [2.24, 2.45) is 10.8 Å². The van der Waals surface area contributed by atoms with Crippen LogP contribution in [0.5, 0.6) is 0 Å². The van der Waals surface area contributed by atoms with E-state index in [2.05, 4.69) is 20.3 Å². The topological polar surface area (TPSA) is 152 Å². The molecule has 10 nitrogen and oxygen atoms in total. The summed E-state index contributed by atoms with van der Waals surface area (Å²) < 4.78 is 0. The van der Waals surface area contributed by atoms with E-state index in [1.165, 1.54) is 18.6 Å². The van der Waals surface area contributed by atoms with Crippen LogP contribution in [0.25, 0.3) is 0 Å². The monoisotopic (exact) mass is 307 g/mol. The van der Waals surface area contributed by atoms with E-state index in [0.717, 1.165) is 11.8 Å². The van der Waals surface area contributed by atoms with E-state index in [-0.39, 0.29) is 5.69 Å². The van der Waals surface area contributed by atoms with Crippen LogP contribution in [-0.4, -0.2) is 32.4 Å². The predicted octanol–water partition coefficient (Wildman–Crippen LogP) is 0.866. The molecule has 2 rings (SSSR count). The highest BCUT2D eigenvalue weighted by molar-refractivity contribution is 7.99. The molecule has 0 aliphatic rings. The van der Waals surface area contributed by atoms with E-state index in [0.29, 0.717) is 15.6 Å². The molecule has 1 aromatic heterocycles. The van der Waals surface area contributed by atoms with Gasteiger partial charge < -0.3 is 5.73 Å². The lowest BCUT2D eigenvalue weighted by Crippen LogP contribution is -2.24. The molecule has 2 aromatic rings. The van der Waals surface area contributed by atoms with Crippen LogP contribution >= 0.6 is 11.8 Å². The average molecular weight is 307 g/mol. The lowest BCUT2D eigenvalue weighted by atomic mass is 10.2. The van der Waals surface area contributed by atoms with E-state index in [9.17, 15) is 14.9 Å². The smallest absolute Gasteiger partial charge is 0.332 e. The quantitative estimate of drug-likeness (QED) is 0.423. The number of hydrazone groups is 1. The number of hydrogen-bond acceptors (Lipinski definition) is 7. The first-order valence-corrected chi connectivity index (χ1v) is 6.28. The summed E-state index contributed by atoms with van der Waals surface area (Å²) in [5.74, 6) is 0. The van der Waals surface area contributed by atoms with Gasteiger partial charge in [-0.1, -0.05) is 6.07 Å². The van der Waals surface area contributed by atoms with Gasteiger partial charge >= 0.3 is 6.03 Å². The first kappa shape index (κ1) is 14.5. The Balaban J connectivity index is 2.24. The number of nitrogens with one attached hydrogen (secondary N) is 2. The highest BCUT2D eigenvalue weighted by atomic mass is 32.2. The average Bonchev–Trinajstić information content (AvgIpc) is 2.92. The number of hydrogen-bond donors (Lipinski definition) is 3. The second-order valence-corrected chi connectivity index (χ2v) is 4.64. The molecule has 0 unspecified atom stereocenters. The summed E-state index contributed by atoms with van der Waals surface area (Å²) in [6.07, 6.45) is 2.56. The maximum Gasteiger partial charge on any atom is 0.332 e. The number of rotatable bonds is 5. The molecule has 0 saturated heterocycles. The molecule has 2 amide bonds. The molecule has 0 atom stereocenters. The van der Waals surface area contributed by atoms with Gasteiger partial charge in [-0.25, -0.2) is 15.2 Å². The van der Waals surface area contributed by atoms with Crippen LogP contribution in [0.1, 0.15) is 5.56 Å². The van der Waals surface area contributed by atoms with Crippen molar-refractivity contribution < 1.29 is 9.72 Å². The minimum atomic E-state index is -0.821. The third-order valence-corrected chi connectivity index (χ3v) is 3.12. The predicted molar refractivity (Wildman–Crippen MR) is 73.9 cm³/mol. The maximum absolute atomic E-state index is 11.1. The van der Waals surface area contributed by atoms with Crippen LogP contribution in [0.15, 0.2) is 39.7 Å². The van der Waals surface area contributed by atoms with Crippen molar-refractivity contribution >= 4 is 29.7 Å². The summed E-state index contributed by atoms with van der Waals surface area (Å²) in [5, 5.41) is 21.3. The van der Waals surface area contributed by atoms with Crippen molar-refractivity contribution in [1.82, 2.24) is 20.6 Å². The fourth-order valence-electron chi connectivity index (χ4n) is 1.36. The Hall–Kier alpha value is -2.95. The third-order valence-electron chi connectivity index (χ3n) is 2.17. The molecule has 4 N–H and O–H groups in total. The Labute approximate surface area is 122 Å². The van der Waals surface area contributed by atoms with Gasteiger partial charge in [-0.2, -0.15) is 10.2 Å². The van der Waals surface area contributed by atoms with E-state index in [4.69, 9.17) is 5.73 Å². The number of nitrogens with zero attached hydrogens (tertiary/aromatic N) is 4. The number of benzene rings is 1. The molecule has 11 heteroatoms. The fraction of sp³-hybridized carbons (Fsp3) is 0. The summed E-state index contributed by atoms with van der Waals surface area (Å²) in [4.78, 5) is 25.3. The Kier molecular flexibility index (Phi) is 4.46. The van der Waals surface area contributed by atoms with Crippen molar-refractivity contribution in [3.8, 4) is 0 Å². The Morgan fingerprint density at radius 3 is 3.00 bits per heavy atom. The van der Waals surface area contributed by atoms with Crippen molar-refractivity contribution in [2.45, 2.75) is 10.1 Å². The van der Waals surface area contributed by atoms with Gasteiger partial charge in [0, 0.05) is 11.6 Å². The molecule has 0 aliphatic heterocycles. The molecule has 21 heavy (non-hydrogen) atoms. The van der Waals surface area contributed by atoms with E-state index in [1.807, 2.05) is 5.43 Å². The Bertz CT molecular complexity index is 686. The van der Waals surface area contributed by atoms with Gasteiger partial charge in [-0.15, -0.1) is 0 Å². The number of aromatic amines is 1. The van der Waals surface area contributed by atoms with E-state index in [1.54, 1.807) is 12.1 Å². The highest BCUT2D eigenvalue weighted by Gasteiger charge is 2.16. The van der Waals surface area contributed by atoms with Gasteiger partial charge in [0.1, 0.15) is 6.33 Å². The number of aromatic nitrogens is 3. The zero-order valence-electron chi connectivity index (χ0n) is 10.4. The number of nitrogens with two attached hydrogens (primary N) is 1. The summed E-state index contributed by atoms with van der Waals surface area (Å²) in [6.45, 7) is 0. The molecule has 1 aromatic carbocycles. The molecular weight excluding hydrogens is 298 g/mol. The first-order chi connectivity index (χ1) is 10.1. The number of carbonyl (C=O) groups is 1. The van der Waals surface area contributed by atoms with Gasteiger partial charge in [-0.3, -0.25) is 15.2 Å². The zero-order valence-corrected chi connectivity index (χ0v) is 11.2. The van der Waals surface area contributed by atoms with Gasteiger partial charge in [0.15, 0.2) is 5.16 Å². The van der Waals surface area contributed by atoms with Crippen molar-refractivity contribution in [3.05, 3.63) is 40.2 Å². The number of H-pyrrole nitrogens is 1. The van der Waals surface area contributed by atoms with Crippen LogP contribution in [0.2, 0.25) is 0 Å². The van der Waals surface area contributed by atoms with Crippen molar-refractivity contribution in [1.29, 1.82) is 0 Å². The van der Waals surface area contributed by atoms with Crippen LogP contribution in [0.4, 0.5) is 10.5 Å². The summed E-state index contributed by atoms with van der Waals surface area (Å²) in [6, 6.07) is 3.66. The van der Waals surface area contributed by atoms with Crippen LogP contribution < -0.4 is 11.2 Å². The molecule has 0 saturated carbocycles. The molecule has 108 valence electrons. The number of urea groups is 1.